The van der Waals surface area contributed by atoms with E-state index in [9.17, 15) is 8.42 Å². The zero-order valence-electron chi connectivity index (χ0n) is 20.4. The van der Waals surface area contributed by atoms with Crippen LogP contribution in [0.5, 0.6) is 11.6 Å². The lowest BCUT2D eigenvalue weighted by atomic mass is 10.2. The summed E-state index contributed by atoms with van der Waals surface area (Å²) in [5.41, 5.74) is 1.27. The molecule has 14 heteroatoms. The molecule has 0 fully saturated rings. The predicted octanol–water partition coefficient (Wildman–Crippen LogP) is 3.31. The van der Waals surface area contributed by atoms with Crippen LogP contribution in [0.25, 0.3) is 17.1 Å². The number of hydrogen-bond donors (Lipinski definition) is 1. The highest BCUT2D eigenvalue weighted by atomic mass is 35.5. The Kier molecular flexibility index (Phi) is 7.86. The van der Waals surface area contributed by atoms with Crippen LogP contribution in [-0.4, -0.2) is 64.7 Å². The zero-order valence-corrected chi connectivity index (χ0v) is 21.9. The third-order valence-corrected chi connectivity index (χ3v) is 7.44. The molecule has 0 saturated carbocycles. The quantitative estimate of drug-likeness (QED) is 0.315. The number of halogens is 1. The number of nitrogens with one attached hydrogen (secondary N) is 1. The van der Waals surface area contributed by atoms with Crippen LogP contribution in [0.1, 0.15) is 18.7 Å². The molecule has 0 unspecified atom stereocenters. The fourth-order valence-electron chi connectivity index (χ4n) is 3.67. The number of rotatable bonds is 10. The first-order valence-corrected chi connectivity index (χ1v) is 12.8. The Balaban J connectivity index is 1.83. The van der Waals surface area contributed by atoms with Crippen molar-refractivity contribution in [3.05, 3.63) is 65.8 Å². The van der Waals surface area contributed by atoms with Crippen molar-refractivity contribution in [3.63, 3.8) is 0 Å². The molecule has 194 valence electrons. The van der Waals surface area contributed by atoms with E-state index in [0.717, 1.165) is 0 Å². The van der Waals surface area contributed by atoms with Gasteiger partial charge in [-0.2, -0.15) is 0 Å². The van der Waals surface area contributed by atoms with Crippen molar-refractivity contribution in [1.82, 2.24) is 29.7 Å². The van der Waals surface area contributed by atoms with E-state index in [1.54, 1.807) is 42.7 Å². The molecule has 0 aromatic carbocycles. The Labute approximate surface area is 218 Å². The maximum Gasteiger partial charge on any atom is 0.243 e. The molecule has 4 aromatic rings. The largest absolute Gasteiger partial charge is 0.494 e. The molecule has 0 spiro atoms. The Morgan fingerprint density at radius 1 is 1.00 bits per heavy atom. The minimum atomic E-state index is -4.11. The standard InChI is InChI=1S/C23H24ClN7O5S/c1-14(20(35-3)17-8-7-16(24)13-27-17)37(32,33)30-23-29-28-21(15-6-5-10-25-12-15)31(23)19-18(34-2)9-11-26-22(19)36-4/h5-14,20H,1-4H3,(H,29,30)/t14-,20-/m0/s1. The molecular weight excluding hydrogens is 522 g/mol. The van der Waals surface area contributed by atoms with Gasteiger partial charge in [0.25, 0.3) is 0 Å². The number of aromatic nitrogens is 6. The topological polar surface area (TPSA) is 143 Å². The third kappa shape index (κ3) is 5.33. The SMILES string of the molecule is COc1ccnc(OC)c1-n1c(NS(=O)(=O)[C@@H](C)[C@H](OC)c2ccc(Cl)cn2)nnc1-c1cccnc1. The molecule has 0 radical (unpaired) electrons. The average molecular weight is 546 g/mol. The minimum Gasteiger partial charge on any atom is -0.494 e. The van der Waals surface area contributed by atoms with Crippen LogP contribution in [0, 0.1) is 0 Å². The molecule has 0 bridgehead atoms. The zero-order chi connectivity index (χ0) is 26.6. The fourth-order valence-corrected chi connectivity index (χ4v) is 4.93. The number of hydrogen-bond acceptors (Lipinski definition) is 10. The first-order valence-electron chi connectivity index (χ1n) is 10.9. The number of sulfonamides is 1. The van der Waals surface area contributed by atoms with Gasteiger partial charge in [-0.3, -0.25) is 19.3 Å². The summed E-state index contributed by atoms with van der Waals surface area (Å²) >= 11 is 5.93. The predicted molar refractivity (Wildman–Crippen MR) is 136 cm³/mol. The van der Waals surface area contributed by atoms with Crippen molar-refractivity contribution in [2.75, 3.05) is 26.1 Å². The molecule has 37 heavy (non-hydrogen) atoms. The van der Waals surface area contributed by atoms with Crippen LogP contribution in [0.4, 0.5) is 5.95 Å². The maximum absolute atomic E-state index is 13.6. The van der Waals surface area contributed by atoms with E-state index in [2.05, 4.69) is 29.9 Å². The number of anilines is 1. The highest BCUT2D eigenvalue weighted by Gasteiger charge is 2.34. The van der Waals surface area contributed by atoms with Crippen LogP contribution in [0.2, 0.25) is 5.02 Å². The first-order chi connectivity index (χ1) is 17.8. The lowest BCUT2D eigenvalue weighted by molar-refractivity contribution is 0.0989. The molecular formula is C23H24ClN7O5S. The van der Waals surface area contributed by atoms with Gasteiger partial charge >= 0.3 is 0 Å². The van der Waals surface area contributed by atoms with E-state index in [-0.39, 0.29) is 17.7 Å². The van der Waals surface area contributed by atoms with Crippen molar-refractivity contribution in [2.45, 2.75) is 18.3 Å². The van der Waals surface area contributed by atoms with Crippen molar-refractivity contribution >= 4 is 27.6 Å². The highest BCUT2D eigenvalue weighted by Crippen LogP contribution is 2.36. The fraction of sp³-hybridized carbons (Fsp3) is 0.261. The number of pyridine rings is 3. The lowest BCUT2D eigenvalue weighted by Crippen LogP contribution is -2.33. The second-order valence-electron chi connectivity index (χ2n) is 7.71. The number of methoxy groups -OCH3 is 3. The van der Waals surface area contributed by atoms with E-state index in [0.29, 0.717) is 27.7 Å². The van der Waals surface area contributed by atoms with Gasteiger partial charge < -0.3 is 14.2 Å². The Morgan fingerprint density at radius 3 is 2.43 bits per heavy atom. The second kappa shape index (κ2) is 11.1. The highest BCUT2D eigenvalue weighted by molar-refractivity contribution is 7.93. The van der Waals surface area contributed by atoms with Crippen LogP contribution in [-0.2, 0) is 14.8 Å². The average Bonchev–Trinajstić information content (AvgIpc) is 3.32. The summed E-state index contributed by atoms with van der Waals surface area (Å²) in [6.07, 6.45) is 5.21. The first kappa shape index (κ1) is 26.3. The van der Waals surface area contributed by atoms with Crippen LogP contribution in [0.3, 0.4) is 0 Å². The monoisotopic (exact) mass is 545 g/mol. The molecule has 0 amide bonds. The normalized spacial score (nSPS) is 13.1. The minimum absolute atomic E-state index is 0.116. The Bertz CT molecular complexity index is 1440. The summed E-state index contributed by atoms with van der Waals surface area (Å²) in [6.45, 7) is 1.50. The van der Waals surface area contributed by atoms with Crippen molar-refractivity contribution < 1.29 is 22.6 Å². The van der Waals surface area contributed by atoms with Crippen LogP contribution < -0.4 is 14.2 Å². The van der Waals surface area contributed by atoms with Gasteiger partial charge in [-0.05, 0) is 31.2 Å². The summed E-state index contributed by atoms with van der Waals surface area (Å²) in [7, 11) is 0.205. The molecule has 0 saturated heterocycles. The molecule has 0 aliphatic rings. The van der Waals surface area contributed by atoms with Crippen molar-refractivity contribution in [3.8, 4) is 28.7 Å². The summed E-state index contributed by atoms with van der Waals surface area (Å²) in [6, 6.07) is 8.31. The van der Waals surface area contributed by atoms with Gasteiger partial charge in [0.15, 0.2) is 11.5 Å². The van der Waals surface area contributed by atoms with Crippen LogP contribution in [0.15, 0.2) is 55.1 Å². The number of ether oxygens (including phenoxy) is 3. The summed E-state index contributed by atoms with van der Waals surface area (Å²) in [4.78, 5) is 12.6. The molecule has 1 N–H and O–H groups in total. The van der Waals surface area contributed by atoms with Crippen molar-refractivity contribution in [2.24, 2.45) is 0 Å². The maximum atomic E-state index is 13.6. The molecule has 2 atom stereocenters. The van der Waals surface area contributed by atoms with Gasteiger partial charge in [-0.25, -0.2) is 13.4 Å². The second-order valence-corrected chi connectivity index (χ2v) is 10.2. The lowest BCUT2D eigenvalue weighted by Gasteiger charge is -2.23. The van der Waals surface area contributed by atoms with Crippen molar-refractivity contribution in [1.29, 1.82) is 0 Å². The van der Waals surface area contributed by atoms with Gasteiger partial charge in [-0.1, -0.05) is 11.6 Å². The molecule has 4 aromatic heterocycles. The van der Waals surface area contributed by atoms with Gasteiger partial charge in [0, 0.05) is 43.5 Å². The van der Waals surface area contributed by atoms with Gasteiger partial charge in [0.05, 0.1) is 24.9 Å². The third-order valence-electron chi connectivity index (χ3n) is 5.52. The van der Waals surface area contributed by atoms with E-state index in [4.69, 9.17) is 25.8 Å². The molecule has 4 heterocycles. The summed E-state index contributed by atoms with van der Waals surface area (Å²) in [5, 5.41) is 7.71. The Hall–Kier alpha value is -3.81. The van der Waals surface area contributed by atoms with Crippen LogP contribution >= 0.6 is 11.6 Å². The smallest absolute Gasteiger partial charge is 0.243 e. The van der Waals surface area contributed by atoms with E-state index < -0.39 is 21.4 Å². The van der Waals surface area contributed by atoms with Gasteiger partial charge in [0.1, 0.15) is 17.1 Å². The van der Waals surface area contributed by atoms with E-state index in [1.807, 2.05) is 0 Å². The molecule has 12 nitrogen and oxygen atoms in total. The summed E-state index contributed by atoms with van der Waals surface area (Å²) < 4.78 is 47.6. The molecule has 4 rings (SSSR count). The summed E-state index contributed by atoms with van der Waals surface area (Å²) in [5.74, 6) is 0.684. The van der Waals surface area contributed by atoms with Gasteiger partial charge in [-0.15, -0.1) is 10.2 Å². The van der Waals surface area contributed by atoms with E-state index in [1.165, 1.54) is 45.2 Å². The molecule has 0 aliphatic heterocycles. The number of nitrogens with zero attached hydrogens (tertiary/aromatic N) is 6. The molecule has 0 aliphatic carbocycles. The van der Waals surface area contributed by atoms with E-state index >= 15 is 0 Å². The van der Waals surface area contributed by atoms with Gasteiger partial charge in [0.2, 0.25) is 21.9 Å². The Morgan fingerprint density at radius 2 is 1.81 bits per heavy atom.